The maximum absolute atomic E-state index is 13.1. The van der Waals surface area contributed by atoms with Crippen molar-refractivity contribution >= 4 is 34.9 Å². The van der Waals surface area contributed by atoms with Gasteiger partial charge in [-0.2, -0.15) is 0 Å². The van der Waals surface area contributed by atoms with Crippen LogP contribution in [0.3, 0.4) is 0 Å². The Hall–Kier alpha value is -4.57. The van der Waals surface area contributed by atoms with Gasteiger partial charge in [-0.3, -0.25) is 19.2 Å². The van der Waals surface area contributed by atoms with E-state index in [0.717, 1.165) is 16.0 Å². The van der Waals surface area contributed by atoms with E-state index in [1.807, 2.05) is 42.5 Å². The molecule has 0 bridgehead atoms. The van der Waals surface area contributed by atoms with Crippen LogP contribution >= 0.6 is 11.3 Å². The molecule has 0 radical (unpaired) electrons. The predicted octanol–water partition coefficient (Wildman–Crippen LogP) is 4.39. The fourth-order valence-electron chi connectivity index (χ4n) is 4.52. The van der Waals surface area contributed by atoms with E-state index in [4.69, 9.17) is 10.8 Å². The Labute approximate surface area is 241 Å². The number of aromatic amines is 1. The van der Waals surface area contributed by atoms with Gasteiger partial charge in [0.05, 0.1) is 12.4 Å². The van der Waals surface area contributed by atoms with Gasteiger partial charge in [0, 0.05) is 48.4 Å². The average molecular weight is 573 g/mol. The number of aryl methyl sites for hydroxylation is 1. The van der Waals surface area contributed by atoms with Crippen LogP contribution in [0.2, 0.25) is 0 Å². The van der Waals surface area contributed by atoms with Gasteiger partial charge in [-0.05, 0) is 46.5 Å². The summed E-state index contributed by atoms with van der Waals surface area (Å²) < 4.78 is 0. The summed E-state index contributed by atoms with van der Waals surface area (Å²) in [6.07, 6.45) is 3.27. The van der Waals surface area contributed by atoms with E-state index < -0.39 is 29.6 Å². The summed E-state index contributed by atoms with van der Waals surface area (Å²) in [4.78, 5) is 56.7. The first-order chi connectivity index (χ1) is 19.8. The molecule has 10 heteroatoms. The lowest BCUT2D eigenvalue weighted by Crippen LogP contribution is -2.44. The number of Topliss-reactive ketones (excluding diaryl/α,β-unsaturated/α-hetero) is 1. The van der Waals surface area contributed by atoms with Gasteiger partial charge in [0.1, 0.15) is 0 Å². The normalized spacial score (nSPS) is 12.4. The third kappa shape index (κ3) is 8.71. The second-order valence-electron chi connectivity index (χ2n) is 9.87. The van der Waals surface area contributed by atoms with E-state index in [2.05, 4.69) is 38.9 Å². The minimum Gasteiger partial charge on any atom is -0.481 e. The van der Waals surface area contributed by atoms with Crippen LogP contribution in [0.25, 0.3) is 21.6 Å². The number of benzene rings is 2. The van der Waals surface area contributed by atoms with Gasteiger partial charge in [-0.1, -0.05) is 54.6 Å². The second-order valence-corrected chi connectivity index (χ2v) is 10.8. The number of amides is 2. The third-order valence-electron chi connectivity index (χ3n) is 6.85. The van der Waals surface area contributed by atoms with Gasteiger partial charge in [0.2, 0.25) is 11.8 Å². The van der Waals surface area contributed by atoms with E-state index in [1.54, 1.807) is 17.5 Å². The minimum absolute atomic E-state index is 0.0455. The molecule has 2 heterocycles. The molecule has 41 heavy (non-hydrogen) atoms. The number of nitrogens with two attached hydrogens (primary N) is 1. The molecule has 0 spiro atoms. The van der Waals surface area contributed by atoms with Crippen molar-refractivity contribution in [3.05, 3.63) is 89.8 Å². The molecule has 0 aliphatic heterocycles. The highest BCUT2D eigenvalue weighted by Crippen LogP contribution is 2.32. The number of ketones is 1. The number of carbonyl (C=O) groups is 4. The summed E-state index contributed by atoms with van der Waals surface area (Å²) in [7, 11) is 0. The number of aliphatic carboxylic acids is 1. The molecular weight excluding hydrogens is 540 g/mol. The molecule has 5 N–H and O–H groups in total. The number of hydrogen-bond donors (Lipinski definition) is 4. The maximum Gasteiger partial charge on any atom is 0.303 e. The van der Waals surface area contributed by atoms with Gasteiger partial charge in [0.25, 0.3) is 0 Å². The number of hydrogen-bond acceptors (Lipinski definition) is 6. The third-order valence-corrected chi connectivity index (χ3v) is 7.82. The summed E-state index contributed by atoms with van der Waals surface area (Å²) in [6.45, 7) is 0. The van der Waals surface area contributed by atoms with Gasteiger partial charge in [0.15, 0.2) is 5.78 Å². The zero-order valence-corrected chi connectivity index (χ0v) is 23.2. The summed E-state index contributed by atoms with van der Waals surface area (Å²) in [6, 6.07) is 19.6. The quantitative estimate of drug-likeness (QED) is 0.166. The number of aromatic nitrogens is 2. The Kier molecular flexibility index (Phi) is 10.2. The lowest BCUT2D eigenvalue weighted by molar-refractivity contribution is -0.138. The fraction of sp³-hybridized carbons (Fsp3) is 0.258. The number of H-pyrrole nitrogens is 1. The molecule has 2 aromatic carbocycles. The molecular formula is C31H32N4O5S. The highest BCUT2D eigenvalue weighted by Gasteiger charge is 2.27. The molecule has 0 unspecified atom stereocenters. The molecule has 0 aliphatic rings. The Balaban J connectivity index is 1.35. The summed E-state index contributed by atoms with van der Waals surface area (Å²) in [5, 5.41) is 13.9. The highest BCUT2D eigenvalue weighted by molar-refractivity contribution is 7.14. The molecule has 212 valence electrons. The van der Waals surface area contributed by atoms with Gasteiger partial charge < -0.3 is 21.1 Å². The predicted molar refractivity (Wildman–Crippen MR) is 157 cm³/mol. The number of carboxylic acid groups (broad SMARTS) is 1. The van der Waals surface area contributed by atoms with Crippen molar-refractivity contribution < 1.29 is 24.3 Å². The van der Waals surface area contributed by atoms with E-state index in [-0.39, 0.29) is 38.0 Å². The standard InChI is InChI=1S/C31H32N4O5S/c32-31(40)23(11-13-30(38)39)14-27(36)26(16-25-17-33-19-34-25)35-29(37)12-8-20-6-9-22(10-7-20)28-15-24(18-41-28)21-4-2-1-3-5-21/h1-7,9-10,15,17-19,23,26H,8,11-14,16H2,(H2,32,40)(H,33,34)(H,35,37)(H,38,39)/t23-,26+/m1/s1. The lowest BCUT2D eigenvalue weighted by atomic mass is 9.92. The molecule has 0 aliphatic carbocycles. The average Bonchev–Trinajstić information content (AvgIpc) is 3.67. The number of imidazole rings is 1. The Morgan fingerprint density at radius 3 is 2.39 bits per heavy atom. The molecule has 9 nitrogen and oxygen atoms in total. The number of primary amides is 1. The van der Waals surface area contributed by atoms with Crippen LogP contribution < -0.4 is 11.1 Å². The van der Waals surface area contributed by atoms with Crippen LogP contribution in [0.1, 0.15) is 36.9 Å². The SMILES string of the molecule is NC(=O)[C@H](CCC(=O)O)CC(=O)[C@H](Cc1cnc[nH]1)NC(=O)CCc1ccc(-c2cc(-c3ccccc3)cs2)cc1. The van der Waals surface area contributed by atoms with E-state index in [1.165, 1.54) is 17.5 Å². The van der Waals surface area contributed by atoms with Crippen LogP contribution in [0, 0.1) is 5.92 Å². The molecule has 0 fully saturated rings. The van der Waals surface area contributed by atoms with Gasteiger partial charge in [-0.15, -0.1) is 11.3 Å². The molecule has 0 saturated heterocycles. The Morgan fingerprint density at radius 1 is 0.976 bits per heavy atom. The summed E-state index contributed by atoms with van der Waals surface area (Å²) in [5.41, 5.74) is 10.5. The van der Waals surface area contributed by atoms with Crippen molar-refractivity contribution in [2.45, 2.75) is 44.6 Å². The first-order valence-corrected chi connectivity index (χ1v) is 14.2. The van der Waals surface area contributed by atoms with Crippen molar-refractivity contribution in [1.82, 2.24) is 15.3 Å². The Bertz CT molecular complexity index is 1470. The molecule has 4 aromatic rings. The number of carbonyl (C=O) groups excluding carboxylic acids is 3. The molecule has 2 aromatic heterocycles. The van der Waals surface area contributed by atoms with Crippen LogP contribution in [-0.4, -0.2) is 44.7 Å². The highest BCUT2D eigenvalue weighted by atomic mass is 32.1. The van der Waals surface area contributed by atoms with Crippen molar-refractivity contribution in [1.29, 1.82) is 0 Å². The van der Waals surface area contributed by atoms with Crippen molar-refractivity contribution in [2.24, 2.45) is 11.7 Å². The van der Waals surface area contributed by atoms with E-state index in [0.29, 0.717) is 12.1 Å². The number of thiophene rings is 1. The van der Waals surface area contributed by atoms with E-state index >= 15 is 0 Å². The van der Waals surface area contributed by atoms with Crippen molar-refractivity contribution in [3.63, 3.8) is 0 Å². The molecule has 0 saturated carbocycles. The summed E-state index contributed by atoms with van der Waals surface area (Å²) in [5.74, 6) is -3.44. The van der Waals surface area contributed by atoms with Crippen LogP contribution in [-0.2, 0) is 32.0 Å². The minimum atomic E-state index is -1.08. The maximum atomic E-state index is 13.1. The smallest absolute Gasteiger partial charge is 0.303 e. The number of rotatable bonds is 15. The van der Waals surface area contributed by atoms with Crippen molar-refractivity contribution in [2.75, 3.05) is 0 Å². The van der Waals surface area contributed by atoms with Gasteiger partial charge in [-0.25, -0.2) is 4.98 Å². The largest absolute Gasteiger partial charge is 0.481 e. The van der Waals surface area contributed by atoms with Crippen LogP contribution in [0.15, 0.2) is 78.6 Å². The first kappa shape index (κ1) is 29.4. The monoisotopic (exact) mass is 572 g/mol. The topological polar surface area (TPSA) is 155 Å². The first-order valence-electron chi connectivity index (χ1n) is 13.3. The fourth-order valence-corrected chi connectivity index (χ4v) is 5.44. The van der Waals surface area contributed by atoms with Gasteiger partial charge >= 0.3 is 5.97 Å². The van der Waals surface area contributed by atoms with Crippen molar-refractivity contribution in [3.8, 4) is 21.6 Å². The van der Waals surface area contributed by atoms with E-state index in [9.17, 15) is 19.2 Å². The number of nitrogens with zero attached hydrogens (tertiary/aromatic N) is 1. The number of nitrogens with one attached hydrogen (secondary N) is 2. The van der Waals surface area contributed by atoms with Crippen LogP contribution in [0.5, 0.6) is 0 Å². The second kappa shape index (κ2) is 14.2. The zero-order valence-electron chi connectivity index (χ0n) is 22.4. The molecule has 4 rings (SSSR count). The number of carboxylic acids is 1. The molecule has 2 atom stereocenters. The summed E-state index contributed by atoms with van der Waals surface area (Å²) >= 11 is 1.68. The Morgan fingerprint density at radius 2 is 1.73 bits per heavy atom. The lowest BCUT2D eigenvalue weighted by Gasteiger charge is -2.20. The zero-order chi connectivity index (χ0) is 29.2. The molecule has 2 amide bonds. The van der Waals surface area contributed by atoms with Crippen LogP contribution in [0.4, 0.5) is 0 Å².